The fourth-order valence-corrected chi connectivity index (χ4v) is 4.86. The van der Waals surface area contributed by atoms with Gasteiger partial charge in [0.15, 0.2) is 11.0 Å². The van der Waals surface area contributed by atoms with E-state index in [4.69, 9.17) is 0 Å². The van der Waals surface area contributed by atoms with E-state index >= 15 is 0 Å². The number of fused-ring (bicyclic) bond motifs is 1. The molecule has 0 N–H and O–H groups in total. The van der Waals surface area contributed by atoms with E-state index in [1.54, 1.807) is 6.08 Å². The van der Waals surface area contributed by atoms with Gasteiger partial charge in [0.05, 0.1) is 10.4 Å². The smallest absolute Gasteiger partial charge is 0.858 e. The van der Waals surface area contributed by atoms with E-state index in [1.165, 1.54) is 18.2 Å². The third kappa shape index (κ3) is 5.15. The number of pyridine rings is 1. The van der Waals surface area contributed by atoms with Crippen LogP contribution in [0.4, 0.5) is 5.69 Å². The van der Waals surface area contributed by atoms with Crippen molar-refractivity contribution in [3.63, 3.8) is 0 Å². The molecule has 0 amide bonds. The number of nitro groups is 1. The Morgan fingerprint density at radius 2 is 1.64 bits per heavy atom. The molecule has 5 aromatic rings. The van der Waals surface area contributed by atoms with Crippen LogP contribution in [-0.4, -0.2) is 24.7 Å². The number of aromatic nitrogens is 4. The van der Waals surface area contributed by atoms with E-state index in [1.807, 2.05) is 65.2 Å². The van der Waals surface area contributed by atoms with Gasteiger partial charge in [-0.05, 0) is 23.4 Å². The second-order valence-electron chi connectivity index (χ2n) is 7.62. The van der Waals surface area contributed by atoms with Gasteiger partial charge in [-0.15, -0.1) is 16.8 Å². The molecule has 172 valence electrons. The van der Waals surface area contributed by atoms with E-state index in [-0.39, 0.29) is 57.1 Å². The van der Waals surface area contributed by atoms with E-state index in [9.17, 15) is 15.2 Å². The first kappa shape index (κ1) is 26.2. The normalized spacial score (nSPS) is 10.7. The van der Waals surface area contributed by atoms with Gasteiger partial charge in [-0.3, -0.25) is 19.7 Å². The largest absolute Gasteiger partial charge is 1.00 e. The van der Waals surface area contributed by atoms with Crippen molar-refractivity contribution in [3.8, 4) is 28.4 Å². The summed E-state index contributed by atoms with van der Waals surface area (Å²) in [5.41, 5.74) is 2.52. The summed E-state index contributed by atoms with van der Waals surface area (Å²) >= 11 is 1.14. The molecule has 2 heterocycles. The predicted octanol–water partition coefficient (Wildman–Crippen LogP) is 2.48. The Balaban J connectivity index is 0.00000304. The van der Waals surface area contributed by atoms with E-state index in [0.29, 0.717) is 38.9 Å². The van der Waals surface area contributed by atoms with Crippen molar-refractivity contribution < 1.29 is 61.4 Å². The van der Waals surface area contributed by atoms with Crippen molar-refractivity contribution in [2.24, 2.45) is 0 Å². The van der Waals surface area contributed by atoms with Crippen LogP contribution in [0, 0.1) is 10.1 Å². The zero-order chi connectivity index (χ0) is 24.4. The van der Waals surface area contributed by atoms with Gasteiger partial charge in [-0.1, -0.05) is 66.7 Å². The summed E-state index contributed by atoms with van der Waals surface area (Å²) in [5, 5.41) is 34.5. The second kappa shape index (κ2) is 11.5. The maximum absolute atomic E-state index is 13.3. The van der Waals surface area contributed by atoms with Crippen LogP contribution in [0.3, 0.4) is 0 Å². The van der Waals surface area contributed by atoms with E-state index in [2.05, 4.69) is 21.8 Å². The summed E-state index contributed by atoms with van der Waals surface area (Å²) in [4.78, 5) is 15.6. The predicted molar refractivity (Wildman–Crippen MR) is 133 cm³/mol. The van der Waals surface area contributed by atoms with Gasteiger partial charge in [-0.2, -0.15) is 0 Å². The van der Waals surface area contributed by atoms with Crippen molar-refractivity contribution in [1.29, 1.82) is 0 Å². The minimum absolute atomic E-state index is 0. The molecule has 0 bridgehead atoms. The molecule has 36 heavy (non-hydrogen) atoms. The summed E-state index contributed by atoms with van der Waals surface area (Å²) in [7, 11) is 0. The van der Waals surface area contributed by atoms with Crippen LogP contribution in [0.5, 0.6) is 5.88 Å². The fraction of sp³-hybridized carbons (Fsp3) is 0.0385. The molecule has 0 radical (unpaired) electrons. The molecule has 8 nitrogen and oxygen atoms in total. The first-order chi connectivity index (χ1) is 17.1. The quantitative estimate of drug-likeness (QED) is 0.141. The third-order valence-electron chi connectivity index (χ3n) is 5.42. The Labute approximate surface area is 253 Å². The summed E-state index contributed by atoms with van der Waals surface area (Å²) in [6, 6.07) is 23.2. The Morgan fingerprint density at radius 3 is 2.28 bits per heavy atom. The summed E-state index contributed by atoms with van der Waals surface area (Å²) in [5.74, 6) is 0.204. The standard InChI is InChI=1S/C26H19N5O3S.K/c1-2-15-30-24(18-11-7-4-8-12-18)28-29-26(30)35-23-22(17-9-5-3-6-10-17)20-16-19(31(33)34)13-14-21(20)27-25(23)32;/h2-14,16H,1,15H2,(H,27,32);/q;+1/p-1. The SMILES string of the molecule is C=CCn1c(Sc2c([O-])nc3ccc([N+](=O)[O-])cc3c2-c2ccccc2)nnc1-c1ccccc1.[K+]. The van der Waals surface area contributed by atoms with Crippen molar-refractivity contribution >= 4 is 28.4 Å². The first-order valence-electron chi connectivity index (χ1n) is 10.7. The van der Waals surface area contributed by atoms with Crippen LogP contribution in [0.15, 0.2) is 102 Å². The average molecular weight is 520 g/mol. The zero-order valence-corrected chi connectivity index (χ0v) is 23.3. The second-order valence-corrected chi connectivity index (χ2v) is 8.60. The maximum atomic E-state index is 13.3. The van der Waals surface area contributed by atoms with Gasteiger partial charge in [-0.25, -0.2) is 0 Å². The van der Waals surface area contributed by atoms with Gasteiger partial charge >= 0.3 is 51.4 Å². The molecule has 3 aromatic carbocycles. The van der Waals surface area contributed by atoms with Crippen molar-refractivity contribution in [2.45, 2.75) is 16.6 Å². The van der Waals surface area contributed by atoms with Crippen LogP contribution in [-0.2, 0) is 6.54 Å². The maximum Gasteiger partial charge on any atom is 1.00 e. The molecule has 2 aromatic heterocycles. The number of rotatable bonds is 7. The van der Waals surface area contributed by atoms with Crippen molar-refractivity contribution in [1.82, 2.24) is 19.7 Å². The van der Waals surface area contributed by atoms with Crippen LogP contribution in [0.1, 0.15) is 0 Å². The van der Waals surface area contributed by atoms with Gasteiger partial charge in [0.25, 0.3) is 5.69 Å². The molecule has 0 unspecified atom stereocenters. The molecule has 0 atom stereocenters. The number of nitro benzene ring substituents is 1. The number of hydrogen-bond acceptors (Lipinski definition) is 7. The first-order valence-corrected chi connectivity index (χ1v) is 11.5. The molecular weight excluding hydrogens is 501 g/mol. The monoisotopic (exact) mass is 519 g/mol. The van der Waals surface area contributed by atoms with Gasteiger partial charge in [0, 0.05) is 46.0 Å². The minimum Gasteiger partial charge on any atom is -0.858 e. The molecule has 0 aliphatic heterocycles. The van der Waals surface area contributed by atoms with Crippen LogP contribution < -0.4 is 56.5 Å². The number of benzene rings is 3. The Hall–Kier alpha value is -2.86. The topological polar surface area (TPSA) is 110 Å². The molecule has 0 fully saturated rings. The Bertz CT molecular complexity index is 1560. The van der Waals surface area contributed by atoms with Crippen LogP contribution >= 0.6 is 11.8 Å². The van der Waals surface area contributed by atoms with Gasteiger partial charge in [0.2, 0.25) is 0 Å². The number of hydrogen-bond donors (Lipinski definition) is 0. The van der Waals surface area contributed by atoms with E-state index < -0.39 is 10.8 Å². The molecule has 0 spiro atoms. The summed E-state index contributed by atoms with van der Waals surface area (Å²) in [6.45, 7) is 4.28. The molecular formula is C26H18KN5O3S. The molecule has 0 aliphatic rings. The van der Waals surface area contributed by atoms with Crippen LogP contribution in [0.2, 0.25) is 0 Å². The van der Waals surface area contributed by atoms with Crippen molar-refractivity contribution in [3.05, 3.63) is 102 Å². The fourth-order valence-electron chi connectivity index (χ4n) is 3.86. The Kier molecular flexibility index (Phi) is 8.34. The third-order valence-corrected chi connectivity index (χ3v) is 6.49. The number of allylic oxidation sites excluding steroid dienone is 1. The molecule has 10 heteroatoms. The molecule has 0 saturated heterocycles. The molecule has 0 saturated carbocycles. The van der Waals surface area contributed by atoms with Crippen molar-refractivity contribution in [2.75, 3.05) is 0 Å². The molecule has 0 aliphatic carbocycles. The average Bonchev–Trinajstić information content (AvgIpc) is 3.27. The van der Waals surface area contributed by atoms with Crippen LogP contribution in [0.25, 0.3) is 33.4 Å². The van der Waals surface area contributed by atoms with E-state index in [0.717, 1.165) is 22.9 Å². The number of nitrogens with zero attached hydrogens (tertiary/aromatic N) is 5. The van der Waals surface area contributed by atoms with Gasteiger partial charge in [0.1, 0.15) is 0 Å². The zero-order valence-electron chi connectivity index (χ0n) is 19.4. The van der Waals surface area contributed by atoms with Gasteiger partial charge < -0.3 is 5.11 Å². The summed E-state index contributed by atoms with van der Waals surface area (Å²) < 4.78 is 1.87. The summed E-state index contributed by atoms with van der Waals surface area (Å²) in [6.07, 6.45) is 1.73. The Morgan fingerprint density at radius 1 is 0.972 bits per heavy atom. The molecule has 5 rings (SSSR count). The minimum atomic E-state index is -0.459. The number of non-ortho nitro benzene ring substituents is 1.